The SMILES string of the molecule is Cl.Cl.Cn1cc(N2CCC(N3CCCc4c(N)cccc43)C2=O)cn1. The summed E-state index contributed by atoms with van der Waals surface area (Å²) < 4.78 is 1.73. The van der Waals surface area contributed by atoms with E-state index in [1.54, 1.807) is 10.9 Å². The summed E-state index contributed by atoms with van der Waals surface area (Å²) >= 11 is 0. The maximum Gasteiger partial charge on any atom is 0.249 e. The van der Waals surface area contributed by atoms with Crippen LogP contribution in [0.25, 0.3) is 0 Å². The molecule has 4 rings (SSSR count). The van der Waals surface area contributed by atoms with Gasteiger partial charge in [0.15, 0.2) is 0 Å². The molecule has 2 aromatic rings. The molecule has 2 N–H and O–H groups in total. The van der Waals surface area contributed by atoms with Gasteiger partial charge in [-0.1, -0.05) is 6.07 Å². The Hall–Kier alpha value is -1.92. The standard InChI is InChI=1S/C17H21N5O.2ClH/c1-20-11-12(10-19-20)21-9-7-16(17(21)23)22-8-3-4-13-14(18)5-2-6-15(13)22;;/h2,5-6,10-11,16H,3-4,7-9,18H2,1H3;2*1H. The Labute approximate surface area is 159 Å². The number of amides is 1. The van der Waals surface area contributed by atoms with Gasteiger partial charge in [0.1, 0.15) is 6.04 Å². The first-order valence-electron chi connectivity index (χ1n) is 8.09. The summed E-state index contributed by atoms with van der Waals surface area (Å²) in [5.41, 5.74) is 10.2. The second-order valence-electron chi connectivity index (χ2n) is 6.31. The van der Waals surface area contributed by atoms with Gasteiger partial charge in [-0.25, -0.2) is 0 Å². The number of hydrogen-bond donors (Lipinski definition) is 1. The van der Waals surface area contributed by atoms with Crippen molar-refractivity contribution in [3.63, 3.8) is 0 Å². The van der Waals surface area contributed by atoms with Crippen LogP contribution >= 0.6 is 24.8 Å². The maximum absolute atomic E-state index is 12.9. The highest BCUT2D eigenvalue weighted by molar-refractivity contribution is 6.01. The van der Waals surface area contributed by atoms with E-state index in [1.165, 1.54) is 5.56 Å². The molecule has 1 saturated heterocycles. The minimum Gasteiger partial charge on any atom is -0.398 e. The van der Waals surface area contributed by atoms with Crippen LogP contribution in [0.1, 0.15) is 18.4 Å². The predicted octanol–water partition coefficient (Wildman–Crippen LogP) is 2.40. The molecule has 0 bridgehead atoms. The van der Waals surface area contributed by atoms with Crippen molar-refractivity contribution in [2.45, 2.75) is 25.3 Å². The maximum atomic E-state index is 12.9. The molecule has 0 spiro atoms. The third kappa shape index (κ3) is 3.28. The molecule has 1 aromatic carbocycles. The van der Waals surface area contributed by atoms with E-state index < -0.39 is 0 Å². The molecule has 0 saturated carbocycles. The highest BCUT2D eigenvalue weighted by atomic mass is 35.5. The fraction of sp³-hybridized carbons (Fsp3) is 0.412. The average molecular weight is 384 g/mol. The molecule has 0 radical (unpaired) electrons. The van der Waals surface area contributed by atoms with Crippen LogP contribution in [0.2, 0.25) is 0 Å². The fourth-order valence-corrected chi connectivity index (χ4v) is 3.76. The Kier molecular flexibility index (Phi) is 5.85. The number of halogens is 2. The molecule has 1 fully saturated rings. The van der Waals surface area contributed by atoms with Gasteiger partial charge in [0, 0.05) is 37.7 Å². The van der Waals surface area contributed by atoms with Gasteiger partial charge >= 0.3 is 0 Å². The summed E-state index contributed by atoms with van der Waals surface area (Å²) in [6.07, 6.45) is 6.51. The van der Waals surface area contributed by atoms with Gasteiger partial charge in [-0.2, -0.15) is 5.10 Å². The van der Waals surface area contributed by atoms with Crippen LogP contribution in [-0.4, -0.2) is 34.8 Å². The largest absolute Gasteiger partial charge is 0.398 e. The third-order valence-electron chi connectivity index (χ3n) is 4.88. The van der Waals surface area contributed by atoms with E-state index in [9.17, 15) is 4.79 Å². The van der Waals surface area contributed by atoms with Crippen LogP contribution < -0.4 is 15.5 Å². The lowest BCUT2D eigenvalue weighted by atomic mass is 9.98. The molecule has 0 aliphatic carbocycles. The molecular formula is C17H23Cl2N5O. The quantitative estimate of drug-likeness (QED) is 0.808. The van der Waals surface area contributed by atoms with Crippen LogP contribution in [-0.2, 0) is 18.3 Å². The number of hydrogen-bond acceptors (Lipinski definition) is 4. The van der Waals surface area contributed by atoms with E-state index in [-0.39, 0.29) is 36.8 Å². The van der Waals surface area contributed by atoms with Crippen LogP contribution in [0.3, 0.4) is 0 Å². The van der Waals surface area contributed by atoms with Gasteiger partial charge in [-0.15, -0.1) is 24.8 Å². The van der Waals surface area contributed by atoms with Crippen molar-refractivity contribution in [3.8, 4) is 0 Å². The number of anilines is 3. The molecule has 8 heteroatoms. The second kappa shape index (κ2) is 7.54. The average Bonchev–Trinajstić information content (AvgIpc) is 3.13. The molecular weight excluding hydrogens is 361 g/mol. The second-order valence-corrected chi connectivity index (χ2v) is 6.31. The normalized spacial score (nSPS) is 19.2. The molecule has 1 aromatic heterocycles. The van der Waals surface area contributed by atoms with Gasteiger partial charge in [-0.05, 0) is 37.0 Å². The number of aromatic nitrogens is 2. The number of carbonyl (C=O) groups is 1. The topological polar surface area (TPSA) is 67.4 Å². The fourth-order valence-electron chi connectivity index (χ4n) is 3.76. The van der Waals surface area contributed by atoms with Crippen molar-refractivity contribution in [2.75, 3.05) is 28.6 Å². The predicted molar refractivity (Wildman–Crippen MR) is 105 cm³/mol. The number of nitrogens with zero attached hydrogens (tertiary/aromatic N) is 4. The first kappa shape index (κ1) is 19.4. The van der Waals surface area contributed by atoms with E-state index in [4.69, 9.17) is 5.73 Å². The zero-order valence-corrected chi connectivity index (χ0v) is 15.7. The highest BCUT2D eigenvalue weighted by Gasteiger charge is 2.38. The summed E-state index contributed by atoms with van der Waals surface area (Å²) in [4.78, 5) is 17.0. The van der Waals surface area contributed by atoms with Crippen LogP contribution in [0.5, 0.6) is 0 Å². The molecule has 25 heavy (non-hydrogen) atoms. The summed E-state index contributed by atoms with van der Waals surface area (Å²) in [6, 6.07) is 5.91. The van der Waals surface area contributed by atoms with Gasteiger partial charge in [0.25, 0.3) is 0 Å². The zero-order chi connectivity index (χ0) is 16.0. The number of rotatable bonds is 2. The Balaban J connectivity index is 0.00000113. The molecule has 1 amide bonds. The van der Waals surface area contributed by atoms with Crippen LogP contribution in [0, 0.1) is 0 Å². The molecule has 2 aliphatic heterocycles. The van der Waals surface area contributed by atoms with Crippen molar-refractivity contribution in [1.29, 1.82) is 0 Å². The van der Waals surface area contributed by atoms with Crippen LogP contribution in [0.4, 0.5) is 17.1 Å². The summed E-state index contributed by atoms with van der Waals surface area (Å²) in [7, 11) is 1.87. The van der Waals surface area contributed by atoms with Gasteiger partial charge in [0.05, 0.1) is 11.9 Å². The van der Waals surface area contributed by atoms with E-state index in [0.29, 0.717) is 0 Å². The number of benzene rings is 1. The first-order valence-corrected chi connectivity index (χ1v) is 8.09. The molecule has 3 heterocycles. The number of carbonyl (C=O) groups excluding carboxylic acids is 1. The van der Waals surface area contributed by atoms with Gasteiger partial charge in [-0.3, -0.25) is 9.48 Å². The van der Waals surface area contributed by atoms with Crippen LogP contribution in [0.15, 0.2) is 30.6 Å². The Bertz CT molecular complexity index is 763. The summed E-state index contributed by atoms with van der Waals surface area (Å²) in [5, 5.41) is 4.17. The van der Waals surface area contributed by atoms with Crippen molar-refractivity contribution >= 4 is 47.8 Å². The number of aryl methyl sites for hydroxylation is 1. The summed E-state index contributed by atoms with van der Waals surface area (Å²) in [6.45, 7) is 1.65. The molecule has 1 atom stereocenters. The molecule has 2 aliphatic rings. The van der Waals surface area contributed by atoms with E-state index in [0.717, 1.165) is 49.4 Å². The molecule has 136 valence electrons. The highest BCUT2D eigenvalue weighted by Crippen LogP contribution is 2.35. The van der Waals surface area contributed by atoms with E-state index in [1.807, 2.05) is 30.3 Å². The lowest BCUT2D eigenvalue weighted by Crippen LogP contribution is -2.44. The number of nitrogens with two attached hydrogens (primary N) is 1. The van der Waals surface area contributed by atoms with Gasteiger partial charge in [0.2, 0.25) is 5.91 Å². The zero-order valence-electron chi connectivity index (χ0n) is 14.1. The van der Waals surface area contributed by atoms with E-state index >= 15 is 0 Å². The smallest absolute Gasteiger partial charge is 0.249 e. The number of nitrogen functional groups attached to an aromatic ring is 1. The number of fused-ring (bicyclic) bond motifs is 1. The Morgan fingerprint density at radius 2 is 2.04 bits per heavy atom. The minimum atomic E-state index is -0.101. The van der Waals surface area contributed by atoms with Crippen molar-refractivity contribution in [1.82, 2.24) is 9.78 Å². The lowest BCUT2D eigenvalue weighted by Gasteiger charge is -2.35. The Morgan fingerprint density at radius 3 is 2.76 bits per heavy atom. The van der Waals surface area contributed by atoms with E-state index in [2.05, 4.69) is 16.1 Å². The van der Waals surface area contributed by atoms with Crippen molar-refractivity contribution in [2.24, 2.45) is 7.05 Å². The van der Waals surface area contributed by atoms with Crippen molar-refractivity contribution in [3.05, 3.63) is 36.2 Å². The minimum absolute atomic E-state index is 0. The first-order chi connectivity index (χ1) is 11.1. The monoisotopic (exact) mass is 383 g/mol. The Morgan fingerprint density at radius 1 is 1.24 bits per heavy atom. The van der Waals surface area contributed by atoms with Gasteiger partial charge < -0.3 is 15.5 Å². The summed E-state index contributed by atoms with van der Waals surface area (Å²) in [5.74, 6) is 0.160. The molecule has 6 nitrogen and oxygen atoms in total. The third-order valence-corrected chi connectivity index (χ3v) is 4.88. The van der Waals surface area contributed by atoms with Crippen molar-refractivity contribution < 1.29 is 4.79 Å². The lowest BCUT2D eigenvalue weighted by molar-refractivity contribution is -0.118. The molecule has 1 unspecified atom stereocenters.